The van der Waals surface area contributed by atoms with Crippen LogP contribution in [0.3, 0.4) is 0 Å². The Kier molecular flexibility index (Phi) is 2.39. The van der Waals surface area contributed by atoms with Gasteiger partial charge < -0.3 is 5.73 Å². The highest BCUT2D eigenvalue weighted by Gasteiger charge is 1.95. The summed E-state index contributed by atoms with van der Waals surface area (Å²) in [7, 11) is 0. The van der Waals surface area contributed by atoms with E-state index in [4.69, 9.17) is 5.73 Å². The largest absolute Gasteiger partial charge is 0.326 e. The maximum Gasteiger partial charge on any atom is 0.0378 e. The highest BCUT2D eigenvalue weighted by atomic mass is 14.6. The van der Waals surface area contributed by atoms with E-state index in [1.807, 2.05) is 19.1 Å². The van der Waals surface area contributed by atoms with Crippen LogP contribution in [0.1, 0.15) is 11.3 Å². The fourth-order valence-corrected chi connectivity index (χ4v) is 0.883. The summed E-state index contributed by atoms with van der Waals surface area (Å²) in [6.07, 6.45) is 1.77. The number of rotatable bonds is 2. The predicted molar refractivity (Wildman–Crippen MR) is 47.1 cm³/mol. The van der Waals surface area contributed by atoms with E-state index in [1.165, 1.54) is 0 Å². The molecule has 1 aromatic rings. The van der Waals surface area contributed by atoms with Crippen molar-refractivity contribution in [2.45, 2.75) is 6.92 Å². The first-order valence-electron chi connectivity index (χ1n) is 3.55. The van der Waals surface area contributed by atoms with E-state index in [0.29, 0.717) is 6.54 Å². The van der Waals surface area contributed by atoms with Crippen LogP contribution in [-0.4, -0.2) is 11.5 Å². The maximum atomic E-state index is 5.43. The molecule has 58 valence electrons. The fraction of sp³-hybridized carbons (Fsp3) is 0.222. The van der Waals surface area contributed by atoms with Gasteiger partial charge in [-0.05, 0) is 30.2 Å². The zero-order valence-corrected chi connectivity index (χ0v) is 6.67. The quantitative estimate of drug-likeness (QED) is 0.687. The standard InChI is InChI=1S/C9H12N2/c1-7(6-10)9-3-4-11-8(2)5-9/h3-5H,1,6,10H2,2H3. The summed E-state index contributed by atoms with van der Waals surface area (Å²) < 4.78 is 0. The van der Waals surface area contributed by atoms with Crippen LogP contribution in [0.4, 0.5) is 0 Å². The molecule has 2 nitrogen and oxygen atoms in total. The SMILES string of the molecule is C=C(CN)c1ccnc(C)c1. The number of hydrogen-bond acceptors (Lipinski definition) is 2. The van der Waals surface area contributed by atoms with E-state index < -0.39 is 0 Å². The van der Waals surface area contributed by atoms with Crippen LogP contribution in [-0.2, 0) is 0 Å². The number of hydrogen-bond donors (Lipinski definition) is 1. The van der Waals surface area contributed by atoms with E-state index in [9.17, 15) is 0 Å². The topological polar surface area (TPSA) is 38.9 Å². The average Bonchev–Trinajstić information content (AvgIpc) is 2.03. The summed E-state index contributed by atoms with van der Waals surface area (Å²) in [4.78, 5) is 4.07. The molecule has 0 amide bonds. The fourth-order valence-electron chi connectivity index (χ4n) is 0.883. The maximum absolute atomic E-state index is 5.43. The van der Waals surface area contributed by atoms with Gasteiger partial charge in [-0.15, -0.1) is 0 Å². The van der Waals surface area contributed by atoms with E-state index in [2.05, 4.69) is 11.6 Å². The van der Waals surface area contributed by atoms with Crippen molar-refractivity contribution in [3.63, 3.8) is 0 Å². The van der Waals surface area contributed by atoms with E-state index >= 15 is 0 Å². The Morgan fingerprint density at radius 1 is 1.73 bits per heavy atom. The second-order valence-corrected chi connectivity index (χ2v) is 2.49. The zero-order chi connectivity index (χ0) is 8.27. The van der Waals surface area contributed by atoms with Gasteiger partial charge in [-0.25, -0.2) is 0 Å². The van der Waals surface area contributed by atoms with Gasteiger partial charge in [-0.3, -0.25) is 4.98 Å². The molecule has 0 saturated heterocycles. The number of nitrogens with zero attached hydrogens (tertiary/aromatic N) is 1. The number of aromatic nitrogens is 1. The van der Waals surface area contributed by atoms with Crippen molar-refractivity contribution in [2.24, 2.45) is 5.73 Å². The lowest BCUT2D eigenvalue weighted by Gasteiger charge is -2.01. The smallest absolute Gasteiger partial charge is 0.0378 e. The molecule has 0 aliphatic carbocycles. The summed E-state index contributed by atoms with van der Waals surface area (Å²) in [5, 5.41) is 0. The van der Waals surface area contributed by atoms with Gasteiger partial charge >= 0.3 is 0 Å². The van der Waals surface area contributed by atoms with Gasteiger partial charge in [0.25, 0.3) is 0 Å². The summed E-state index contributed by atoms with van der Waals surface area (Å²) in [5.41, 5.74) is 8.47. The third-order valence-corrected chi connectivity index (χ3v) is 1.55. The van der Waals surface area contributed by atoms with E-state index in [0.717, 1.165) is 16.8 Å². The third-order valence-electron chi connectivity index (χ3n) is 1.55. The van der Waals surface area contributed by atoms with Crippen LogP contribution >= 0.6 is 0 Å². The highest BCUT2D eigenvalue weighted by molar-refractivity contribution is 5.64. The van der Waals surface area contributed by atoms with Crippen molar-refractivity contribution in [2.75, 3.05) is 6.54 Å². The molecule has 1 aromatic heterocycles. The first-order valence-corrected chi connectivity index (χ1v) is 3.55. The van der Waals surface area contributed by atoms with Gasteiger partial charge in [0.2, 0.25) is 0 Å². The molecule has 0 bridgehead atoms. The van der Waals surface area contributed by atoms with Crippen LogP contribution in [0.15, 0.2) is 24.9 Å². The van der Waals surface area contributed by atoms with Crippen molar-refractivity contribution >= 4 is 5.57 Å². The molecule has 0 fully saturated rings. The lowest BCUT2D eigenvalue weighted by Crippen LogP contribution is -2.01. The van der Waals surface area contributed by atoms with Gasteiger partial charge in [-0.2, -0.15) is 0 Å². The first kappa shape index (κ1) is 7.95. The second-order valence-electron chi connectivity index (χ2n) is 2.49. The minimum atomic E-state index is 0.503. The minimum absolute atomic E-state index is 0.503. The molecular formula is C9H12N2. The molecule has 0 atom stereocenters. The molecule has 0 saturated carbocycles. The molecule has 0 aromatic carbocycles. The Hall–Kier alpha value is -1.15. The van der Waals surface area contributed by atoms with Gasteiger partial charge in [0, 0.05) is 18.4 Å². The van der Waals surface area contributed by atoms with Gasteiger partial charge in [0.05, 0.1) is 0 Å². The molecule has 0 unspecified atom stereocenters. The number of nitrogens with two attached hydrogens (primary N) is 1. The van der Waals surface area contributed by atoms with E-state index in [1.54, 1.807) is 6.20 Å². The predicted octanol–water partition coefficient (Wildman–Crippen LogP) is 1.36. The van der Waals surface area contributed by atoms with Crippen LogP contribution in [0.25, 0.3) is 5.57 Å². The molecule has 0 spiro atoms. The van der Waals surface area contributed by atoms with Crippen LogP contribution in [0, 0.1) is 6.92 Å². The molecule has 11 heavy (non-hydrogen) atoms. The molecule has 2 N–H and O–H groups in total. The first-order chi connectivity index (χ1) is 5.24. The summed E-state index contributed by atoms with van der Waals surface area (Å²) in [6, 6.07) is 3.90. The lowest BCUT2D eigenvalue weighted by atomic mass is 10.1. The Labute approximate surface area is 66.8 Å². The monoisotopic (exact) mass is 148 g/mol. The average molecular weight is 148 g/mol. The molecule has 1 rings (SSSR count). The Balaban J connectivity index is 2.96. The van der Waals surface area contributed by atoms with Crippen molar-refractivity contribution in [1.29, 1.82) is 0 Å². The second kappa shape index (κ2) is 3.30. The lowest BCUT2D eigenvalue weighted by molar-refractivity contribution is 1.18. The Morgan fingerprint density at radius 3 is 3.00 bits per heavy atom. The van der Waals surface area contributed by atoms with Gasteiger partial charge in [0.15, 0.2) is 0 Å². The van der Waals surface area contributed by atoms with Crippen molar-refractivity contribution in [3.8, 4) is 0 Å². The van der Waals surface area contributed by atoms with Gasteiger partial charge in [0.1, 0.15) is 0 Å². The van der Waals surface area contributed by atoms with Crippen molar-refractivity contribution < 1.29 is 0 Å². The minimum Gasteiger partial charge on any atom is -0.326 e. The molecule has 0 aliphatic heterocycles. The normalized spacial score (nSPS) is 9.64. The molecule has 0 aliphatic rings. The molecular weight excluding hydrogens is 136 g/mol. The Morgan fingerprint density at radius 2 is 2.45 bits per heavy atom. The number of pyridine rings is 1. The summed E-state index contributed by atoms with van der Waals surface area (Å²) in [6.45, 7) is 6.29. The molecule has 0 radical (unpaired) electrons. The van der Waals surface area contributed by atoms with Crippen molar-refractivity contribution in [1.82, 2.24) is 4.98 Å². The van der Waals surface area contributed by atoms with Crippen LogP contribution < -0.4 is 5.73 Å². The van der Waals surface area contributed by atoms with Crippen LogP contribution in [0.2, 0.25) is 0 Å². The van der Waals surface area contributed by atoms with Crippen molar-refractivity contribution in [3.05, 3.63) is 36.2 Å². The van der Waals surface area contributed by atoms with E-state index in [-0.39, 0.29) is 0 Å². The molecule has 2 heteroatoms. The molecule has 1 heterocycles. The zero-order valence-electron chi connectivity index (χ0n) is 6.67. The number of aryl methyl sites for hydroxylation is 1. The van der Waals surface area contributed by atoms with Crippen LogP contribution in [0.5, 0.6) is 0 Å². The highest BCUT2D eigenvalue weighted by Crippen LogP contribution is 2.09. The third kappa shape index (κ3) is 1.88. The Bertz CT molecular complexity index is 266. The van der Waals surface area contributed by atoms with Gasteiger partial charge in [-0.1, -0.05) is 6.58 Å². The summed E-state index contributed by atoms with van der Waals surface area (Å²) in [5.74, 6) is 0. The summed E-state index contributed by atoms with van der Waals surface area (Å²) >= 11 is 0.